The maximum absolute atomic E-state index is 12.4. The molecule has 0 aromatic heterocycles. The maximum atomic E-state index is 12.4. The summed E-state index contributed by atoms with van der Waals surface area (Å²) in [6, 6.07) is 17.3. The Morgan fingerprint density at radius 1 is 1.13 bits per heavy atom. The summed E-state index contributed by atoms with van der Waals surface area (Å²) >= 11 is 0. The molecule has 1 atom stereocenters. The molecule has 4 nitrogen and oxygen atoms in total. The average molecular weight is 308 g/mol. The molecule has 0 saturated carbocycles. The predicted octanol–water partition coefficient (Wildman–Crippen LogP) is 3.24. The minimum absolute atomic E-state index is 0.00215. The number of nitrogens with zero attached hydrogens (tertiary/aromatic N) is 1. The number of anilines is 2. The summed E-state index contributed by atoms with van der Waals surface area (Å²) in [5.74, 6) is -0.410. The van der Waals surface area contributed by atoms with Crippen molar-refractivity contribution in [1.29, 1.82) is 0 Å². The molecule has 1 saturated heterocycles. The van der Waals surface area contributed by atoms with Crippen LogP contribution < -0.4 is 10.2 Å². The lowest BCUT2D eigenvalue weighted by Crippen LogP contribution is -2.28. The van der Waals surface area contributed by atoms with Gasteiger partial charge >= 0.3 is 0 Å². The van der Waals surface area contributed by atoms with Crippen molar-refractivity contribution in [3.63, 3.8) is 0 Å². The number of carbonyl (C=O) groups excluding carboxylic acids is 2. The van der Waals surface area contributed by atoms with Crippen LogP contribution in [0.2, 0.25) is 0 Å². The van der Waals surface area contributed by atoms with Crippen molar-refractivity contribution >= 4 is 23.2 Å². The van der Waals surface area contributed by atoms with Gasteiger partial charge in [-0.2, -0.15) is 0 Å². The average Bonchev–Trinajstić information content (AvgIpc) is 2.98. The van der Waals surface area contributed by atoms with E-state index >= 15 is 0 Å². The number of nitrogens with one attached hydrogen (secondary N) is 1. The Balaban J connectivity index is 1.65. The molecule has 23 heavy (non-hydrogen) atoms. The SMILES string of the molecule is CCc1ccc(NC(=O)[C@H]2CC(=O)N(c3ccccc3)C2)cc1. The molecule has 2 aromatic carbocycles. The van der Waals surface area contributed by atoms with Crippen LogP contribution >= 0.6 is 0 Å². The van der Waals surface area contributed by atoms with E-state index in [1.54, 1.807) is 4.90 Å². The predicted molar refractivity (Wildman–Crippen MR) is 91.4 cm³/mol. The zero-order valence-electron chi connectivity index (χ0n) is 13.2. The fourth-order valence-corrected chi connectivity index (χ4v) is 2.81. The topological polar surface area (TPSA) is 49.4 Å². The van der Waals surface area contributed by atoms with E-state index in [0.717, 1.165) is 17.8 Å². The van der Waals surface area contributed by atoms with Crippen molar-refractivity contribution in [2.24, 2.45) is 5.92 Å². The number of amides is 2. The quantitative estimate of drug-likeness (QED) is 0.942. The van der Waals surface area contributed by atoms with Gasteiger partial charge in [0.1, 0.15) is 0 Å². The van der Waals surface area contributed by atoms with E-state index in [4.69, 9.17) is 0 Å². The highest BCUT2D eigenvalue weighted by Gasteiger charge is 2.35. The first-order valence-electron chi connectivity index (χ1n) is 7.92. The number of benzene rings is 2. The molecule has 0 aliphatic carbocycles. The molecular weight excluding hydrogens is 288 g/mol. The fourth-order valence-electron chi connectivity index (χ4n) is 2.81. The van der Waals surface area contributed by atoms with Crippen molar-refractivity contribution in [2.75, 3.05) is 16.8 Å². The molecule has 0 radical (unpaired) electrons. The number of carbonyl (C=O) groups is 2. The van der Waals surface area contributed by atoms with Crippen LogP contribution in [0.25, 0.3) is 0 Å². The third-order valence-electron chi connectivity index (χ3n) is 4.19. The monoisotopic (exact) mass is 308 g/mol. The smallest absolute Gasteiger partial charge is 0.229 e. The van der Waals surface area contributed by atoms with Crippen LogP contribution in [-0.4, -0.2) is 18.4 Å². The molecule has 0 spiro atoms. The minimum atomic E-state index is -0.312. The number of hydrogen-bond acceptors (Lipinski definition) is 2. The number of aryl methyl sites for hydroxylation is 1. The molecule has 3 rings (SSSR count). The Labute approximate surface area is 136 Å². The van der Waals surface area contributed by atoms with Crippen LogP contribution in [0.3, 0.4) is 0 Å². The molecule has 2 amide bonds. The fraction of sp³-hybridized carbons (Fsp3) is 0.263. The van der Waals surface area contributed by atoms with Gasteiger partial charge < -0.3 is 10.2 Å². The van der Waals surface area contributed by atoms with E-state index in [9.17, 15) is 9.59 Å². The van der Waals surface area contributed by atoms with E-state index < -0.39 is 0 Å². The van der Waals surface area contributed by atoms with Crippen molar-refractivity contribution in [3.8, 4) is 0 Å². The van der Waals surface area contributed by atoms with Crippen LogP contribution in [-0.2, 0) is 16.0 Å². The van der Waals surface area contributed by atoms with E-state index in [2.05, 4.69) is 12.2 Å². The maximum Gasteiger partial charge on any atom is 0.229 e. The van der Waals surface area contributed by atoms with Gasteiger partial charge in [-0.3, -0.25) is 9.59 Å². The van der Waals surface area contributed by atoms with Gasteiger partial charge in [0.15, 0.2) is 0 Å². The van der Waals surface area contributed by atoms with E-state index in [1.165, 1.54) is 5.56 Å². The van der Waals surface area contributed by atoms with Crippen LogP contribution in [0, 0.1) is 5.92 Å². The largest absolute Gasteiger partial charge is 0.326 e. The van der Waals surface area contributed by atoms with Crippen LogP contribution in [0.15, 0.2) is 54.6 Å². The summed E-state index contributed by atoms with van der Waals surface area (Å²) in [7, 11) is 0. The second-order valence-electron chi connectivity index (χ2n) is 5.78. The lowest BCUT2D eigenvalue weighted by molar-refractivity contribution is -0.122. The Kier molecular flexibility index (Phi) is 4.42. The molecule has 1 fully saturated rings. The second-order valence-corrected chi connectivity index (χ2v) is 5.78. The van der Waals surface area contributed by atoms with Crippen molar-refractivity contribution < 1.29 is 9.59 Å². The van der Waals surface area contributed by atoms with Gasteiger partial charge in [-0.1, -0.05) is 37.3 Å². The van der Waals surface area contributed by atoms with E-state index in [0.29, 0.717) is 6.54 Å². The molecule has 118 valence electrons. The molecule has 1 heterocycles. The normalized spacial score (nSPS) is 17.3. The van der Waals surface area contributed by atoms with E-state index in [-0.39, 0.29) is 24.2 Å². The van der Waals surface area contributed by atoms with Crippen LogP contribution in [0.5, 0.6) is 0 Å². The highest BCUT2D eigenvalue weighted by molar-refractivity contribution is 6.03. The summed E-state index contributed by atoms with van der Waals surface area (Å²) < 4.78 is 0. The zero-order valence-corrected chi connectivity index (χ0v) is 13.2. The first kappa shape index (κ1) is 15.3. The minimum Gasteiger partial charge on any atom is -0.326 e. The molecule has 0 bridgehead atoms. The summed E-state index contributed by atoms with van der Waals surface area (Å²) in [6.07, 6.45) is 1.23. The summed E-state index contributed by atoms with van der Waals surface area (Å²) in [6.45, 7) is 2.53. The molecule has 0 unspecified atom stereocenters. The lowest BCUT2D eigenvalue weighted by Gasteiger charge is -2.16. The third-order valence-corrected chi connectivity index (χ3v) is 4.19. The lowest BCUT2D eigenvalue weighted by atomic mass is 10.1. The van der Waals surface area contributed by atoms with E-state index in [1.807, 2.05) is 54.6 Å². The van der Waals surface area contributed by atoms with Crippen LogP contribution in [0.1, 0.15) is 18.9 Å². The summed E-state index contributed by atoms with van der Waals surface area (Å²) in [5, 5.41) is 2.91. The van der Waals surface area contributed by atoms with Gasteiger partial charge in [0.05, 0.1) is 5.92 Å². The number of para-hydroxylation sites is 1. The highest BCUT2D eigenvalue weighted by atomic mass is 16.2. The summed E-state index contributed by atoms with van der Waals surface area (Å²) in [4.78, 5) is 26.3. The van der Waals surface area contributed by atoms with Gasteiger partial charge in [0.2, 0.25) is 11.8 Å². The Morgan fingerprint density at radius 3 is 2.48 bits per heavy atom. The molecule has 2 aromatic rings. The van der Waals surface area contributed by atoms with Crippen LogP contribution in [0.4, 0.5) is 11.4 Å². The first-order valence-corrected chi connectivity index (χ1v) is 7.92. The van der Waals surface area contributed by atoms with Crippen molar-refractivity contribution in [2.45, 2.75) is 19.8 Å². The number of hydrogen-bond donors (Lipinski definition) is 1. The Morgan fingerprint density at radius 2 is 1.83 bits per heavy atom. The van der Waals surface area contributed by atoms with Gasteiger partial charge in [-0.05, 0) is 36.2 Å². The second kappa shape index (κ2) is 6.65. The Hall–Kier alpha value is -2.62. The van der Waals surface area contributed by atoms with Gasteiger partial charge in [-0.25, -0.2) is 0 Å². The molecule has 1 N–H and O–H groups in total. The first-order chi connectivity index (χ1) is 11.2. The molecule has 4 heteroatoms. The van der Waals surface area contributed by atoms with Crippen molar-refractivity contribution in [3.05, 3.63) is 60.2 Å². The number of rotatable bonds is 4. The summed E-state index contributed by atoms with van der Waals surface area (Å²) in [5.41, 5.74) is 2.85. The van der Waals surface area contributed by atoms with Crippen molar-refractivity contribution in [1.82, 2.24) is 0 Å². The zero-order chi connectivity index (χ0) is 16.2. The molecular formula is C19H20N2O2. The van der Waals surface area contributed by atoms with Gasteiger partial charge in [0.25, 0.3) is 0 Å². The highest BCUT2D eigenvalue weighted by Crippen LogP contribution is 2.25. The molecule has 1 aliphatic rings. The third kappa shape index (κ3) is 3.42. The van der Waals surface area contributed by atoms with Gasteiger partial charge in [-0.15, -0.1) is 0 Å². The molecule has 1 aliphatic heterocycles. The standard InChI is InChI=1S/C19H20N2O2/c1-2-14-8-10-16(11-9-14)20-19(23)15-12-18(22)21(13-15)17-6-4-3-5-7-17/h3-11,15H,2,12-13H2,1H3,(H,20,23)/t15-/m0/s1. The Bertz CT molecular complexity index is 695. The van der Waals surface area contributed by atoms with Gasteiger partial charge in [0, 0.05) is 24.3 Å².